The summed E-state index contributed by atoms with van der Waals surface area (Å²) in [6, 6.07) is 3.19. The Morgan fingerprint density at radius 3 is 2.29 bits per heavy atom. The van der Waals surface area contributed by atoms with Gasteiger partial charge < -0.3 is 24.3 Å². The molecule has 0 saturated carbocycles. The van der Waals surface area contributed by atoms with Crippen molar-refractivity contribution in [3.63, 3.8) is 0 Å². The molecule has 1 aromatic rings. The molecule has 1 atom stereocenters. The first-order valence-corrected chi connectivity index (χ1v) is 7.54. The zero-order chi connectivity index (χ0) is 18.1. The van der Waals surface area contributed by atoms with E-state index in [4.69, 9.17) is 31.2 Å². The molecule has 9 heteroatoms. The summed E-state index contributed by atoms with van der Waals surface area (Å²) in [4.78, 5) is 12.3. The Hall–Kier alpha value is -2.26. The number of thiocarbonyl (C=S) groups is 1. The number of rotatable bonds is 7. The van der Waals surface area contributed by atoms with E-state index in [-0.39, 0.29) is 22.5 Å². The summed E-state index contributed by atoms with van der Waals surface area (Å²) in [6.07, 6.45) is 0. The van der Waals surface area contributed by atoms with E-state index in [1.165, 1.54) is 21.3 Å². The van der Waals surface area contributed by atoms with Crippen LogP contribution in [0.25, 0.3) is 0 Å². The van der Waals surface area contributed by atoms with Gasteiger partial charge in [0, 0.05) is 13.2 Å². The molecule has 0 heterocycles. The Kier molecular flexibility index (Phi) is 8.07. The molecule has 0 radical (unpaired) electrons. The third kappa shape index (κ3) is 5.14. The van der Waals surface area contributed by atoms with Crippen LogP contribution in [0, 0.1) is 0 Å². The normalized spacial score (nSPS) is 11.2. The number of amides is 1. The van der Waals surface area contributed by atoms with Crippen molar-refractivity contribution in [2.24, 2.45) is 0 Å². The minimum absolute atomic E-state index is 0.00233. The monoisotopic (exact) mass is 357 g/mol. The van der Waals surface area contributed by atoms with Gasteiger partial charge in [-0.05, 0) is 31.3 Å². The molecule has 0 aliphatic carbocycles. The highest BCUT2D eigenvalue weighted by Crippen LogP contribution is 2.39. The van der Waals surface area contributed by atoms with E-state index in [1.807, 2.05) is 6.92 Å². The van der Waals surface area contributed by atoms with Crippen molar-refractivity contribution < 1.29 is 23.7 Å². The van der Waals surface area contributed by atoms with E-state index in [0.717, 1.165) is 0 Å². The van der Waals surface area contributed by atoms with Gasteiger partial charge in [-0.1, -0.05) is 0 Å². The maximum Gasteiger partial charge on any atom is 0.273 e. The van der Waals surface area contributed by atoms with Crippen molar-refractivity contribution in [2.75, 3.05) is 35.0 Å². The first-order chi connectivity index (χ1) is 11.5. The minimum Gasteiger partial charge on any atom is -0.493 e. The summed E-state index contributed by atoms with van der Waals surface area (Å²) >= 11 is 5.09. The fourth-order valence-electron chi connectivity index (χ4n) is 2.01. The average molecular weight is 357 g/mol. The van der Waals surface area contributed by atoms with E-state index < -0.39 is 5.91 Å². The highest BCUT2D eigenvalue weighted by molar-refractivity contribution is 7.80. The number of carbonyl (C=O) groups excluding carboxylic acids is 1. The lowest BCUT2D eigenvalue weighted by Crippen LogP contribution is -2.50. The molecule has 1 aromatic carbocycles. The summed E-state index contributed by atoms with van der Waals surface area (Å²) in [5, 5.41) is 3.23. The van der Waals surface area contributed by atoms with Gasteiger partial charge in [0.2, 0.25) is 5.75 Å². The molecule has 0 aliphatic heterocycles. The summed E-state index contributed by atoms with van der Waals surface area (Å²) in [6.45, 7) is 2.38. The van der Waals surface area contributed by atoms with Crippen LogP contribution in [0.3, 0.4) is 0 Å². The summed E-state index contributed by atoms with van der Waals surface area (Å²) < 4.78 is 20.7. The first-order valence-electron chi connectivity index (χ1n) is 7.13. The molecule has 24 heavy (non-hydrogen) atoms. The molecule has 0 bridgehead atoms. The number of hydrogen-bond donors (Lipinski definition) is 3. The molecule has 0 unspecified atom stereocenters. The average Bonchev–Trinajstić information content (AvgIpc) is 2.58. The van der Waals surface area contributed by atoms with E-state index in [0.29, 0.717) is 18.1 Å². The van der Waals surface area contributed by atoms with Gasteiger partial charge in [-0.2, -0.15) is 0 Å². The van der Waals surface area contributed by atoms with Crippen LogP contribution >= 0.6 is 12.2 Å². The Labute approximate surface area is 146 Å². The van der Waals surface area contributed by atoms with Crippen LogP contribution in [0.15, 0.2) is 12.1 Å². The molecule has 8 nitrogen and oxygen atoms in total. The molecule has 3 N–H and O–H groups in total. The van der Waals surface area contributed by atoms with Crippen LogP contribution in [-0.2, 0) is 4.74 Å². The number of nitrogens with one attached hydrogen (secondary N) is 3. The van der Waals surface area contributed by atoms with Crippen molar-refractivity contribution in [3.05, 3.63) is 17.7 Å². The van der Waals surface area contributed by atoms with Gasteiger partial charge in [-0.15, -0.1) is 0 Å². The molecule has 1 amide bonds. The fraction of sp³-hybridized carbons (Fsp3) is 0.467. The van der Waals surface area contributed by atoms with Gasteiger partial charge in [0.1, 0.15) is 0 Å². The van der Waals surface area contributed by atoms with Crippen molar-refractivity contribution >= 4 is 23.2 Å². The molecule has 0 aromatic heterocycles. The molecule has 0 spiro atoms. The van der Waals surface area contributed by atoms with Crippen molar-refractivity contribution in [2.45, 2.75) is 13.0 Å². The highest BCUT2D eigenvalue weighted by atomic mass is 32.1. The number of methoxy groups -OCH3 is 4. The molecule has 0 aliphatic rings. The van der Waals surface area contributed by atoms with Gasteiger partial charge in [-0.25, -0.2) is 0 Å². The molecule has 0 fully saturated rings. The van der Waals surface area contributed by atoms with Crippen LogP contribution in [0.5, 0.6) is 17.2 Å². The van der Waals surface area contributed by atoms with Gasteiger partial charge in [0.25, 0.3) is 5.91 Å². The first kappa shape index (κ1) is 19.8. The van der Waals surface area contributed by atoms with Gasteiger partial charge in [-0.3, -0.25) is 15.6 Å². The largest absolute Gasteiger partial charge is 0.493 e. The van der Waals surface area contributed by atoms with Gasteiger partial charge >= 0.3 is 0 Å². The van der Waals surface area contributed by atoms with E-state index in [1.54, 1.807) is 19.2 Å². The number of carbonyl (C=O) groups is 1. The topological polar surface area (TPSA) is 90.1 Å². The lowest BCUT2D eigenvalue weighted by molar-refractivity contribution is 0.0939. The standard InChI is InChI=1S/C15H23N3O5S/c1-9(8-20-2)16-15(24)18-17-14(19)10-6-7-11(21-3)13(23-5)12(10)22-4/h6-7,9H,8H2,1-5H3,(H,17,19)(H2,16,18,24)/t9-/m1/s1. The van der Waals surface area contributed by atoms with Gasteiger partial charge in [0.15, 0.2) is 16.6 Å². The number of benzene rings is 1. The van der Waals surface area contributed by atoms with Crippen molar-refractivity contribution in [3.8, 4) is 17.2 Å². The van der Waals surface area contributed by atoms with Crippen LogP contribution < -0.4 is 30.4 Å². The molecule has 134 valence electrons. The third-order valence-corrected chi connectivity index (χ3v) is 3.25. The number of hydrogen-bond acceptors (Lipinski definition) is 6. The molecule has 1 rings (SSSR count). The Morgan fingerprint density at radius 2 is 1.75 bits per heavy atom. The van der Waals surface area contributed by atoms with Crippen LogP contribution in [0.4, 0.5) is 0 Å². The van der Waals surface area contributed by atoms with E-state index in [2.05, 4.69) is 16.2 Å². The molecule has 0 saturated heterocycles. The minimum atomic E-state index is -0.434. The predicted molar refractivity (Wildman–Crippen MR) is 93.8 cm³/mol. The summed E-state index contributed by atoms with van der Waals surface area (Å²) in [7, 11) is 6.01. The summed E-state index contributed by atoms with van der Waals surface area (Å²) in [5.41, 5.74) is 5.40. The SMILES string of the molecule is COC[C@@H](C)NC(=S)NNC(=O)c1ccc(OC)c(OC)c1OC. The molecular formula is C15H23N3O5S. The van der Waals surface area contributed by atoms with E-state index >= 15 is 0 Å². The third-order valence-electron chi connectivity index (χ3n) is 3.03. The zero-order valence-corrected chi connectivity index (χ0v) is 15.2. The summed E-state index contributed by atoms with van der Waals surface area (Å²) in [5.74, 6) is 0.630. The lowest BCUT2D eigenvalue weighted by Gasteiger charge is -2.18. The highest BCUT2D eigenvalue weighted by Gasteiger charge is 2.20. The Bertz CT molecular complexity index is 582. The second-order valence-corrected chi connectivity index (χ2v) is 5.20. The lowest BCUT2D eigenvalue weighted by atomic mass is 10.1. The quantitative estimate of drug-likeness (QED) is 0.489. The van der Waals surface area contributed by atoms with Crippen LogP contribution in [0.2, 0.25) is 0 Å². The number of hydrazine groups is 1. The van der Waals surface area contributed by atoms with Crippen LogP contribution in [0.1, 0.15) is 17.3 Å². The molecular weight excluding hydrogens is 334 g/mol. The zero-order valence-electron chi connectivity index (χ0n) is 14.4. The predicted octanol–water partition coefficient (Wildman–Crippen LogP) is 0.856. The second kappa shape index (κ2) is 9.78. The smallest absolute Gasteiger partial charge is 0.273 e. The fourth-order valence-corrected chi connectivity index (χ4v) is 2.26. The van der Waals surface area contributed by atoms with Gasteiger partial charge in [0.05, 0.1) is 33.5 Å². The Balaban J connectivity index is 2.79. The maximum atomic E-state index is 12.3. The second-order valence-electron chi connectivity index (χ2n) is 4.79. The van der Waals surface area contributed by atoms with Crippen LogP contribution in [-0.4, -0.2) is 52.1 Å². The Morgan fingerprint density at radius 1 is 1.08 bits per heavy atom. The maximum absolute atomic E-state index is 12.3. The van der Waals surface area contributed by atoms with Crippen molar-refractivity contribution in [1.82, 2.24) is 16.2 Å². The van der Waals surface area contributed by atoms with E-state index in [9.17, 15) is 4.79 Å². The number of ether oxygens (including phenoxy) is 4. The van der Waals surface area contributed by atoms with Crippen molar-refractivity contribution in [1.29, 1.82) is 0 Å².